The van der Waals surface area contributed by atoms with Gasteiger partial charge in [-0.3, -0.25) is 4.79 Å². The number of hydrogen-bond acceptors (Lipinski definition) is 2. The average Bonchev–Trinajstić information content (AvgIpc) is 3.06. The number of H-pyrrole nitrogens is 1. The van der Waals surface area contributed by atoms with Gasteiger partial charge < -0.3 is 10.3 Å². The number of benzene rings is 1. The number of nitrogens with zero attached hydrogens (tertiary/aromatic N) is 1. The highest BCUT2D eigenvalue weighted by Crippen LogP contribution is 2.57. The highest BCUT2D eigenvalue weighted by Gasteiger charge is 2.63. The molecule has 106 valence electrons. The Hall–Kier alpha value is -2.05. The van der Waals surface area contributed by atoms with E-state index in [0.717, 1.165) is 0 Å². The predicted molar refractivity (Wildman–Crippen MR) is 66.1 cm³/mol. The molecule has 4 nitrogen and oxygen atoms in total. The van der Waals surface area contributed by atoms with Crippen LogP contribution >= 0.6 is 0 Å². The number of imidazole rings is 1. The number of amides is 1. The Morgan fingerprint density at radius 2 is 2.15 bits per heavy atom. The van der Waals surface area contributed by atoms with E-state index in [0.29, 0.717) is 16.6 Å². The van der Waals surface area contributed by atoms with E-state index in [1.165, 1.54) is 6.33 Å². The highest BCUT2D eigenvalue weighted by atomic mass is 19.4. The number of nitrogens with one attached hydrogen (secondary N) is 2. The monoisotopic (exact) mass is 283 g/mol. The zero-order valence-corrected chi connectivity index (χ0v) is 10.4. The second-order valence-electron chi connectivity index (χ2n) is 5.10. The highest BCUT2D eigenvalue weighted by molar-refractivity contribution is 5.97. The van der Waals surface area contributed by atoms with Gasteiger partial charge in [0, 0.05) is 12.1 Å². The molecule has 2 aromatic rings. The number of hydrogen-bond donors (Lipinski definition) is 2. The van der Waals surface area contributed by atoms with E-state index in [1.54, 1.807) is 18.2 Å². The van der Waals surface area contributed by atoms with Gasteiger partial charge in [0.05, 0.1) is 22.8 Å². The summed E-state index contributed by atoms with van der Waals surface area (Å²) in [5.41, 5.74) is -0.0226. The van der Waals surface area contributed by atoms with Crippen molar-refractivity contribution in [2.45, 2.75) is 19.0 Å². The number of carbonyl (C=O) groups excluding carboxylic acids is 1. The van der Waals surface area contributed by atoms with Gasteiger partial charge in [-0.15, -0.1) is 0 Å². The number of alkyl halides is 3. The van der Waals surface area contributed by atoms with E-state index in [4.69, 9.17) is 0 Å². The maximum Gasteiger partial charge on any atom is 0.396 e. The molecule has 1 aliphatic rings. The molecule has 1 amide bonds. The van der Waals surface area contributed by atoms with Crippen LogP contribution in [0, 0.1) is 5.41 Å². The molecule has 0 saturated heterocycles. The molecular formula is C13H12F3N3O. The van der Waals surface area contributed by atoms with Crippen LogP contribution < -0.4 is 5.32 Å². The summed E-state index contributed by atoms with van der Waals surface area (Å²) in [6, 6.07) is 4.77. The number of aromatic nitrogens is 2. The lowest BCUT2D eigenvalue weighted by atomic mass is 10.1. The molecule has 7 heteroatoms. The first-order valence-electron chi connectivity index (χ1n) is 6.19. The summed E-state index contributed by atoms with van der Waals surface area (Å²) in [4.78, 5) is 18.8. The Labute approximate surface area is 112 Å². The van der Waals surface area contributed by atoms with Gasteiger partial charge in [-0.25, -0.2) is 4.98 Å². The number of halogens is 3. The molecular weight excluding hydrogens is 271 g/mol. The lowest BCUT2D eigenvalue weighted by molar-refractivity contribution is -0.184. The first-order chi connectivity index (χ1) is 9.41. The summed E-state index contributed by atoms with van der Waals surface area (Å²) in [7, 11) is 0. The molecule has 0 unspecified atom stereocenters. The molecule has 2 N–H and O–H groups in total. The average molecular weight is 283 g/mol. The molecule has 1 aromatic heterocycles. The fourth-order valence-corrected chi connectivity index (χ4v) is 2.14. The Morgan fingerprint density at radius 3 is 2.80 bits per heavy atom. The number of carbonyl (C=O) groups is 1. The van der Waals surface area contributed by atoms with Crippen molar-refractivity contribution in [3.8, 4) is 0 Å². The van der Waals surface area contributed by atoms with Crippen molar-refractivity contribution in [2.24, 2.45) is 5.41 Å². The zero-order chi connectivity index (χ0) is 14.4. The van der Waals surface area contributed by atoms with Gasteiger partial charge in [0.1, 0.15) is 0 Å². The molecule has 3 rings (SSSR count). The second-order valence-corrected chi connectivity index (χ2v) is 5.10. The van der Waals surface area contributed by atoms with Crippen LogP contribution in [0.5, 0.6) is 0 Å². The summed E-state index contributed by atoms with van der Waals surface area (Å²) in [5, 5.41) is 2.37. The van der Waals surface area contributed by atoms with Crippen molar-refractivity contribution < 1.29 is 18.0 Å². The van der Waals surface area contributed by atoms with Crippen molar-refractivity contribution in [1.29, 1.82) is 0 Å². The number of fused-ring (bicyclic) bond motifs is 1. The van der Waals surface area contributed by atoms with E-state index in [9.17, 15) is 18.0 Å². The van der Waals surface area contributed by atoms with E-state index in [1.807, 2.05) is 0 Å². The topological polar surface area (TPSA) is 57.8 Å². The SMILES string of the molecule is O=C(NCC1(C(F)(F)F)CC1)c1ccc2nc[nH]c2c1. The third kappa shape index (κ3) is 2.13. The van der Waals surface area contributed by atoms with Crippen molar-refractivity contribution in [3.63, 3.8) is 0 Å². The van der Waals surface area contributed by atoms with Crippen LogP contribution in [0.4, 0.5) is 13.2 Å². The maximum atomic E-state index is 12.8. The molecule has 1 aliphatic carbocycles. The van der Waals surface area contributed by atoms with Crippen molar-refractivity contribution in [1.82, 2.24) is 15.3 Å². The smallest absolute Gasteiger partial charge is 0.351 e. The Kier molecular flexibility index (Phi) is 2.74. The minimum atomic E-state index is -4.26. The molecule has 1 fully saturated rings. The van der Waals surface area contributed by atoms with Gasteiger partial charge in [0.15, 0.2) is 0 Å². The Morgan fingerprint density at radius 1 is 1.40 bits per heavy atom. The van der Waals surface area contributed by atoms with Gasteiger partial charge in [0.2, 0.25) is 0 Å². The van der Waals surface area contributed by atoms with E-state index < -0.39 is 17.5 Å². The fraction of sp³-hybridized carbons (Fsp3) is 0.385. The standard InChI is InChI=1S/C13H12F3N3O/c14-13(15,16)12(3-4-12)6-17-11(20)8-1-2-9-10(5-8)19-7-18-9/h1-2,5,7H,3-4,6H2,(H,17,20)(H,18,19). The predicted octanol–water partition coefficient (Wildman–Crippen LogP) is 2.64. The normalized spacial score (nSPS) is 17.1. The number of rotatable bonds is 3. The molecule has 1 saturated carbocycles. The summed E-state index contributed by atoms with van der Waals surface area (Å²) in [6.07, 6.45) is -2.60. The van der Waals surface area contributed by atoms with E-state index >= 15 is 0 Å². The van der Waals surface area contributed by atoms with Crippen LogP contribution in [0.25, 0.3) is 11.0 Å². The first kappa shape index (κ1) is 13.0. The maximum absolute atomic E-state index is 12.8. The van der Waals surface area contributed by atoms with E-state index in [2.05, 4.69) is 15.3 Å². The lowest BCUT2D eigenvalue weighted by Gasteiger charge is -2.19. The first-order valence-corrected chi connectivity index (χ1v) is 6.19. The fourth-order valence-electron chi connectivity index (χ4n) is 2.14. The van der Waals surface area contributed by atoms with Gasteiger partial charge in [-0.05, 0) is 31.0 Å². The summed E-state index contributed by atoms with van der Waals surface area (Å²) in [5.74, 6) is -0.503. The lowest BCUT2D eigenvalue weighted by Crippen LogP contribution is -2.38. The zero-order valence-electron chi connectivity index (χ0n) is 10.4. The van der Waals surface area contributed by atoms with Gasteiger partial charge in [-0.1, -0.05) is 0 Å². The van der Waals surface area contributed by atoms with Crippen LogP contribution in [0.2, 0.25) is 0 Å². The van der Waals surface area contributed by atoms with Crippen LogP contribution in [-0.2, 0) is 0 Å². The molecule has 0 radical (unpaired) electrons. The summed E-state index contributed by atoms with van der Waals surface area (Å²) >= 11 is 0. The molecule has 0 spiro atoms. The minimum absolute atomic E-state index is 0.0797. The van der Waals surface area contributed by atoms with Crippen LogP contribution in [-0.4, -0.2) is 28.6 Å². The van der Waals surface area contributed by atoms with E-state index in [-0.39, 0.29) is 19.4 Å². The van der Waals surface area contributed by atoms with Crippen molar-refractivity contribution in [2.75, 3.05) is 6.54 Å². The molecule has 0 aliphatic heterocycles. The van der Waals surface area contributed by atoms with Crippen molar-refractivity contribution in [3.05, 3.63) is 30.1 Å². The third-order valence-corrected chi connectivity index (χ3v) is 3.72. The molecule has 0 atom stereocenters. The molecule has 1 aromatic carbocycles. The largest absolute Gasteiger partial charge is 0.396 e. The van der Waals surface area contributed by atoms with Gasteiger partial charge >= 0.3 is 6.18 Å². The third-order valence-electron chi connectivity index (χ3n) is 3.72. The Balaban J connectivity index is 1.70. The second kappa shape index (κ2) is 4.22. The summed E-state index contributed by atoms with van der Waals surface area (Å²) < 4.78 is 38.3. The Bertz CT molecular complexity index is 658. The minimum Gasteiger partial charge on any atom is -0.351 e. The van der Waals surface area contributed by atoms with Crippen LogP contribution in [0.1, 0.15) is 23.2 Å². The number of aromatic amines is 1. The van der Waals surface area contributed by atoms with Crippen LogP contribution in [0.3, 0.4) is 0 Å². The van der Waals surface area contributed by atoms with Crippen LogP contribution in [0.15, 0.2) is 24.5 Å². The quantitative estimate of drug-likeness (QED) is 0.909. The summed E-state index contributed by atoms with van der Waals surface area (Å²) in [6.45, 7) is -0.365. The van der Waals surface area contributed by atoms with Gasteiger partial charge in [-0.2, -0.15) is 13.2 Å². The van der Waals surface area contributed by atoms with Gasteiger partial charge in [0.25, 0.3) is 5.91 Å². The molecule has 20 heavy (non-hydrogen) atoms. The molecule has 1 heterocycles. The van der Waals surface area contributed by atoms with Crippen molar-refractivity contribution >= 4 is 16.9 Å². The molecule has 0 bridgehead atoms.